The van der Waals surface area contributed by atoms with Crippen LogP contribution in [-0.4, -0.2) is 40.7 Å². The summed E-state index contributed by atoms with van der Waals surface area (Å²) in [6.07, 6.45) is 2.01. The van der Waals surface area contributed by atoms with Gasteiger partial charge in [0, 0.05) is 6.54 Å². The average Bonchev–Trinajstić information content (AvgIpc) is 2.76. The van der Waals surface area contributed by atoms with Gasteiger partial charge in [0.1, 0.15) is 0 Å². The van der Waals surface area contributed by atoms with Crippen molar-refractivity contribution in [1.29, 1.82) is 0 Å². The molecule has 0 amide bonds. The van der Waals surface area contributed by atoms with Crippen molar-refractivity contribution in [2.45, 2.75) is 19.4 Å². The molecule has 1 unspecified atom stereocenters. The molecule has 0 spiro atoms. The van der Waals surface area contributed by atoms with E-state index in [1.54, 1.807) is 0 Å². The number of benzene rings is 1. The molecule has 1 aliphatic rings. The minimum atomic E-state index is -0.752. The van der Waals surface area contributed by atoms with Gasteiger partial charge in [-0.25, -0.2) is 0 Å². The van der Waals surface area contributed by atoms with Gasteiger partial charge in [0.25, 0.3) is 0 Å². The summed E-state index contributed by atoms with van der Waals surface area (Å²) >= 11 is 0. The Kier molecular flexibility index (Phi) is 4.33. The van der Waals surface area contributed by atoms with Crippen LogP contribution in [0.15, 0.2) is 24.3 Å². The van der Waals surface area contributed by atoms with E-state index in [0.717, 1.165) is 31.5 Å². The van der Waals surface area contributed by atoms with Crippen LogP contribution in [0.3, 0.4) is 0 Å². The maximum Gasteiger partial charge on any atom is 0.317 e. The first-order valence-electron chi connectivity index (χ1n) is 6.30. The van der Waals surface area contributed by atoms with Crippen molar-refractivity contribution >= 4 is 5.97 Å². The van der Waals surface area contributed by atoms with Gasteiger partial charge in [-0.1, -0.05) is 24.3 Å². The zero-order valence-electron chi connectivity index (χ0n) is 10.4. The second kappa shape index (κ2) is 5.98. The Morgan fingerprint density at radius 2 is 2.17 bits per heavy atom. The van der Waals surface area contributed by atoms with E-state index in [2.05, 4.69) is 6.07 Å². The van der Waals surface area contributed by atoms with Crippen LogP contribution in [0.2, 0.25) is 0 Å². The van der Waals surface area contributed by atoms with Crippen molar-refractivity contribution < 1.29 is 15.0 Å². The van der Waals surface area contributed by atoms with Gasteiger partial charge in [-0.15, -0.1) is 0 Å². The van der Waals surface area contributed by atoms with Crippen LogP contribution in [0, 0.1) is 5.92 Å². The normalized spacial score (nSPS) is 20.2. The number of carboxylic acids is 1. The van der Waals surface area contributed by atoms with Crippen molar-refractivity contribution in [3.05, 3.63) is 35.4 Å². The minimum absolute atomic E-state index is 0.0731. The first-order chi connectivity index (χ1) is 8.67. The van der Waals surface area contributed by atoms with Gasteiger partial charge in [0.2, 0.25) is 0 Å². The van der Waals surface area contributed by atoms with E-state index in [4.69, 9.17) is 10.2 Å². The van der Waals surface area contributed by atoms with Gasteiger partial charge in [-0.2, -0.15) is 0 Å². The van der Waals surface area contributed by atoms with Gasteiger partial charge in [0.15, 0.2) is 0 Å². The Bertz CT molecular complexity index is 419. The van der Waals surface area contributed by atoms with Gasteiger partial charge >= 0.3 is 5.97 Å². The summed E-state index contributed by atoms with van der Waals surface area (Å²) in [7, 11) is 0. The lowest BCUT2D eigenvalue weighted by Crippen LogP contribution is -2.27. The molecule has 1 saturated heterocycles. The lowest BCUT2D eigenvalue weighted by molar-refractivity contribution is -0.138. The summed E-state index contributed by atoms with van der Waals surface area (Å²) in [6.45, 7) is 1.95. The maximum atomic E-state index is 10.6. The lowest BCUT2D eigenvalue weighted by atomic mass is 9.97. The number of nitrogens with zero attached hydrogens (tertiary/aromatic N) is 1. The molecule has 1 atom stereocenters. The fraction of sp³-hybridized carbons (Fsp3) is 0.500. The molecule has 2 rings (SSSR count). The summed E-state index contributed by atoms with van der Waals surface area (Å²) in [5, 5.41) is 17.8. The third-order valence-corrected chi connectivity index (χ3v) is 3.43. The molecule has 2 N–H and O–H groups in total. The van der Waals surface area contributed by atoms with Gasteiger partial charge in [0.05, 0.1) is 13.2 Å². The van der Waals surface area contributed by atoms with E-state index in [1.807, 2.05) is 23.1 Å². The summed E-state index contributed by atoms with van der Waals surface area (Å²) in [5.41, 5.74) is 2.16. The summed E-state index contributed by atoms with van der Waals surface area (Å²) in [4.78, 5) is 12.6. The number of likely N-dealkylation sites (tertiary alicyclic amines) is 1. The molecule has 4 nitrogen and oxygen atoms in total. The first-order valence-corrected chi connectivity index (χ1v) is 6.30. The van der Waals surface area contributed by atoms with Gasteiger partial charge < -0.3 is 10.2 Å². The topological polar surface area (TPSA) is 60.8 Å². The van der Waals surface area contributed by atoms with Gasteiger partial charge in [-0.3, -0.25) is 9.69 Å². The molecule has 4 heteroatoms. The van der Waals surface area contributed by atoms with Crippen LogP contribution in [0.25, 0.3) is 0 Å². The molecule has 98 valence electrons. The number of hydrogen-bond acceptors (Lipinski definition) is 3. The molecule has 1 aromatic carbocycles. The Morgan fingerprint density at radius 1 is 1.39 bits per heavy atom. The molecule has 1 aromatic rings. The average molecular weight is 249 g/mol. The molecule has 1 heterocycles. The van der Waals surface area contributed by atoms with Gasteiger partial charge in [-0.05, 0) is 36.4 Å². The predicted molar refractivity (Wildman–Crippen MR) is 68.3 cm³/mol. The second-order valence-electron chi connectivity index (χ2n) is 4.97. The van der Waals surface area contributed by atoms with Crippen LogP contribution >= 0.6 is 0 Å². The van der Waals surface area contributed by atoms with Crippen LogP contribution in [-0.2, 0) is 17.8 Å². The quantitative estimate of drug-likeness (QED) is 0.821. The van der Waals surface area contributed by atoms with Crippen LogP contribution in [0.1, 0.15) is 17.5 Å². The first kappa shape index (κ1) is 13.1. The third-order valence-electron chi connectivity index (χ3n) is 3.43. The van der Waals surface area contributed by atoms with E-state index < -0.39 is 5.97 Å². The molecular formula is C14H19NO3. The Morgan fingerprint density at radius 3 is 2.89 bits per heavy atom. The number of aliphatic hydroxyl groups is 1. The second-order valence-corrected chi connectivity index (χ2v) is 4.97. The Hall–Kier alpha value is -1.39. The largest absolute Gasteiger partial charge is 0.480 e. The van der Waals surface area contributed by atoms with E-state index in [9.17, 15) is 4.79 Å². The summed E-state index contributed by atoms with van der Waals surface area (Å²) < 4.78 is 0. The third kappa shape index (κ3) is 3.55. The van der Waals surface area contributed by atoms with Crippen LogP contribution in [0.5, 0.6) is 0 Å². The molecule has 0 bridgehead atoms. The molecule has 0 saturated carbocycles. The van der Waals surface area contributed by atoms with Crippen molar-refractivity contribution in [3.8, 4) is 0 Å². The van der Waals surface area contributed by atoms with Crippen molar-refractivity contribution in [2.24, 2.45) is 5.92 Å². The molecule has 0 radical (unpaired) electrons. The van der Waals surface area contributed by atoms with Crippen LogP contribution in [0.4, 0.5) is 0 Å². The minimum Gasteiger partial charge on any atom is -0.480 e. The molecule has 0 aromatic heterocycles. The Balaban J connectivity index is 1.88. The molecule has 1 fully saturated rings. The number of carbonyl (C=O) groups is 1. The van der Waals surface area contributed by atoms with E-state index in [0.29, 0.717) is 5.92 Å². The smallest absolute Gasteiger partial charge is 0.317 e. The highest BCUT2D eigenvalue weighted by atomic mass is 16.4. The molecule has 18 heavy (non-hydrogen) atoms. The monoisotopic (exact) mass is 249 g/mol. The SMILES string of the molecule is O=C(O)CN1CCC(Cc2cccc(CO)c2)C1. The highest BCUT2D eigenvalue weighted by Crippen LogP contribution is 2.21. The van der Waals surface area contributed by atoms with Crippen molar-refractivity contribution in [1.82, 2.24) is 4.90 Å². The number of aliphatic carboxylic acids is 1. The lowest BCUT2D eigenvalue weighted by Gasteiger charge is -2.13. The zero-order chi connectivity index (χ0) is 13.0. The fourth-order valence-electron chi connectivity index (χ4n) is 2.60. The summed E-state index contributed by atoms with van der Waals surface area (Å²) in [5.74, 6) is -0.226. The number of hydrogen-bond donors (Lipinski definition) is 2. The highest BCUT2D eigenvalue weighted by molar-refractivity contribution is 5.69. The highest BCUT2D eigenvalue weighted by Gasteiger charge is 2.23. The zero-order valence-corrected chi connectivity index (χ0v) is 10.4. The van der Waals surface area contributed by atoms with Crippen molar-refractivity contribution in [3.63, 3.8) is 0 Å². The fourth-order valence-corrected chi connectivity index (χ4v) is 2.60. The van der Waals surface area contributed by atoms with Crippen molar-refractivity contribution in [2.75, 3.05) is 19.6 Å². The van der Waals surface area contributed by atoms with E-state index in [1.165, 1.54) is 5.56 Å². The Labute approximate surface area is 107 Å². The predicted octanol–water partition coefficient (Wildman–Crippen LogP) is 1.13. The maximum absolute atomic E-state index is 10.6. The molecular weight excluding hydrogens is 230 g/mol. The molecule has 1 aliphatic heterocycles. The number of carboxylic acid groups (broad SMARTS) is 1. The van der Waals surface area contributed by atoms with E-state index >= 15 is 0 Å². The van der Waals surface area contributed by atoms with Crippen LogP contribution < -0.4 is 0 Å². The molecule has 0 aliphatic carbocycles. The number of rotatable bonds is 5. The number of aliphatic hydroxyl groups excluding tert-OH is 1. The van der Waals surface area contributed by atoms with E-state index in [-0.39, 0.29) is 13.2 Å². The standard InChI is InChI=1S/C14H19NO3/c16-10-13-3-1-2-11(7-13)6-12-4-5-15(8-12)9-14(17)18/h1-3,7,12,16H,4-6,8-10H2,(H,17,18). The summed E-state index contributed by atoms with van der Waals surface area (Å²) in [6, 6.07) is 7.97.